The Morgan fingerprint density at radius 3 is 0.986 bits per heavy atom. The highest BCUT2D eigenvalue weighted by atomic mass is 16.6. The van der Waals surface area contributed by atoms with Crippen LogP contribution in [0.4, 0.5) is 0 Å². The molecule has 0 rings (SSSR count). The van der Waals surface area contributed by atoms with E-state index < -0.39 is 6.10 Å². The Kier molecular flexibility index (Phi) is 55.9. The third-order valence-electron chi connectivity index (χ3n) is 12.6. The van der Waals surface area contributed by atoms with Crippen LogP contribution >= 0.6 is 0 Å². The molecule has 0 aromatic heterocycles. The fourth-order valence-electron chi connectivity index (χ4n) is 8.14. The summed E-state index contributed by atoms with van der Waals surface area (Å²) >= 11 is 0. The molecular formula is C65H110O6. The molecule has 0 N–H and O–H groups in total. The number of hydrogen-bond donors (Lipinski definition) is 0. The third kappa shape index (κ3) is 57.1. The van der Waals surface area contributed by atoms with Crippen LogP contribution in [0.25, 0.3) is 0 Å². The van der Waals surface area contributed by atoms with E-state index in [2.05, 4.69) is 118 Å². The average Bonchev–Trinajstić information content (AvgIpc) is 3.37. The van der Waals surface area contributed by atoms with E-state index in [-0.39, 0.29) is 37.5 Å². The average molecular weight is 988 g/mol. The fraction of sp³-hybridized carbons (Fsp3) is 0.708. The van der Waals surface area contributed by atoms with Gasteiger partial charge >= 0.3 is 17.9 Å². The van der Waals surface area contributed by atoms with Gasteiger partial charge in [-0.2, -0.15) is 0 Å². The maximum Gasteiger partial charge on any atom is 0.306 e. The molecule has 0 fully saturated rings. The highest BCUT2D eigenvalue weighted by Gasteiger charge is 2.19. The minimum absolute atomic E-state index is 0.0987. The van der Waals surface area contributed by atoms with E-state index in [0.29, 0.717) is 19.3 Å². The highest BCUT2D eigenvalue weighted by Crippen LogP contribution is 2.16. The van der Waals surface area contributed by atoms with Crippen molar-refractivity contribution in [1.82, 2.24) is 0 Å². The Morgan fingerprint density at radius 1 is 0.296 bits per heavy atom. The number of rotatable bonds is 53. The van der Waals surface area contributed by atoms with Crippen LogP contribution in [-0.4, -0.2) is 37.2 Å². The Bertz CT molecular complexity index is 1410. The van der Waals surface area contributed by atoms with Crippen molar-refractivity contribution in [2.24, 2.45) is 0 Å². The molecular weight excluding hydrogens is 877 g/mol. The summed E-state index contributed by atoms with van der Waals surface area (Å²) < 4.78 is 16.8. The molecule has 0 aliphatic heterocycles. The zero-order chi connectivity index (χ0) is 51.4. The van der Waals surface area contributed by atoms with Crippen molar-refractivity contribution in [2.45, 2.75) is 284 Å². The van der Waals surface area contributed by atoms with Gasteiger partial charge in [0.1, 0.15) is 13.2 Å². The first-order valence-electron chi connectivity index (χ1n) is 29.7. The minimum atomic E-state index is -0.803. The summed E-state index contributed by atoms with van der Waals surface area (Å²) in [6, 6.07) is 0. The van der Waals surface area contributed by atoms with Gasteiger partial charge in [-0.3, -0.25) is 14.4 Å². The number of carbonyl (C=O) groups is 3. The summed E-state index contributed by atoms with van der Waals surface area (Å²) in [6.07, 6.45) is 78.5. The molecule has 0 saturated heterocycles. The highest BCUT2D eigenvalue weighted by molar-refractivity contribution is 5.71. The summed E-state index contributed by atoms with van der Waals surface area (Å²) in [4.78, 5) is 38.1. The van der Waals surface area contributed by atoms with Gasteiger partial charge in [0.25, 0.3) is 0 Å². The Balaban J connectivity index is 4.38. The summed E-state index contributed by atoms with van der Waals surface area (Å²) in [5, 5.41) is 0. The molecule has 0 aliphatic rings. The van der Waals surface area contributed by atoms with Crippen molar-refractivity contribution in [1.29, 1.82) is 0 Å². The van der Waals surface area contributed by atoms with Crippen LogP contribution in [0.2, 0.25) is 0 Å². The second-order valence-electron chi connectivity index (χ2n) is 19.5. The monoisotopic (exact) mass is 987 g/mol. The molecule has 406 valence electrons. The molecule has 0 radical (unpaired) electrons. The van der Waals surface area contributed by atoms with Gasteiger partial charge in [0.15, 0.2) is 6.10 Å². The van der Waals surface area contributed by atoms with E-state index in [1.807, 2.05) is 0 Å². The summed E-state index contributed by atoms with van der Waals surface area (Å²) in [6.45, 7) is 6.43. The van der Waals surface area contributed by atoms with Gasteiger partial charge in [0, 0.05) is 19.3 Å². The lowest BCUT2D eigenvalue weighted by atomic mass is 10.0. The molecule has 1 unspecified atom stereocenters. The van der Waals surface area contributed by atoms with Gasteiger partial charge in [-0.25, -0.2) is 0 Å². The predicted molar refractivity (Wildman–Crippen MR) is 307 cm³/mol. The van der Waals surface area contributed by atoms with Crippen LogP contribution in [0.3, 0.4) is 0 Å². The predicted octanol–water partition coefficient (Wildman–Crippen LogP) is 20.1. The maximum atomic E-state index is 12.9. The van der Waals surface area contributed by atoms with Gasteiger partial charge < -0.3 is 14.2 Å². The molecule has 0 amide bonds. The maximum absolute atomic E-state index is 12.9. The minimum Gasteiger partial charge on any atom is -0.462 e. The van der Waals surface area contributed by atoms with Gasteiger partial charge in [0.05, 0.1) is 0 Å². The zero-order valence-electron chi connectivity index (χ0n) is 46.5. The molecule has 0 aromatic rings. The smallest absolute Gasteiger partial charge is 0.306 e. The molecule has 6 heteroatoms. The van der Waals surface area contributed by atoms with Gasteiger partial charge in [0.2, 0.25) is 0 Å². The Labute approximate surface area is 438 Å². The van der Waals surface area contributed by atoms with E-state index in [1.54, 1.807) is 0 Å². The summed E-state index contributed by atoms with van der Waals surface area (Å²) in [5.41, 5.74) is 0. The van der Waals surface area contributed by atoms with Crippen molar-refractivity contribution < 1.29 is 28.6 Å². The van der Waals surface area contributed by atoms with Crippen LogP contribution in [0.5, 0.6) is 0 Å². The molecule has 0 heterocycles. The first-order chi connectivity index (χ1) is 35.0. The van der Waals surface area contributed by atoms with E-state index in [0.717, 1.165) is 109 Å². The summed E-state index contributed by atoms with van der Waals surface area (Å²) in [5.74, 6) is -0.964. The second-order valence-corrected chi connectivity index (χ2v) is 19.5. The second kappa shape index (κ2) is 58.9. The first-order valence-corrected chi connectivity index (χ1v) is 29.7. The van der Waals surface area contributed by atoms with E-state index in [1.165, 1.54) is 122 Å². The molecule has 71 heavy (non-hydrogen) atoms. The lowest BCUT2D eigenvalue weighted by molar-refractivity contribution is -0.167. The summed E-state index contributed by atoms with van der Waals surface area (Å²) in [7, 11) is 0. The zero-order valence-corrected chi connectivity index (χ0v) is 46.5. The van der Waals surface area contributed by atoms with Crippen LogP contribution in [0, 0.1) is 0 Å². The van der Waals surface area contributed by atoms with E-state index in [9.17, 15) is 14.4 Å². The van der Waals surface area contributed by atoms with Gasteiger partial charge in [-0.05, 0) is 89.9 Å². The van der Waals surface area contributed by atoms with Crippen molar-refractivity contribution >= 4 is 17.9 Å². The standard InChI is InChI=1S/C65H110O6/c1-4-7-10-13-16-19-22-24-26-28-30-32-33-34-36-37-39-41-43-46-49-52-55-58-64(67)70-61-62(60-69-63(66)57-54-51-48-45-21-18-15-12-9-6-3)71-65(68)59-56-53-50-47-44-42-40-38-35-31-29-27-25-23-20-17-14-11-8-5-2/h7,10,12,15-16,19,24,26,30,32,34,36,39,41,46,49,62H,4-6,8-9,11,13-14,17-18,20-23,25,27-29,31,33,35,37-38,40,42-45,47-48,50-61H2,1-3H3/b10-7-,15-12-,19-16-,26-24-,32-30-,36-34-,41-39-,49-46-. The molecule has 0 aromatic carbocycles. The lowest BCUT2D eigenvalue weighted by Crippen LogP contribution is -2.30. The van der Waals surface area contributed by atoms with Gasteiger partial charge in [-0.1, -0.05) is 266 Å². The third-order valence-corrected chi connectivity index (χ3v) is 12.6. The topological polar surface area (TPSA) is 78.9 Å². The number of hydrogen-bond acceptors (Lipinski definition) is 6. The SMILES string of the molecule is CC/C=C\C/C=C\C/C=C\C/C=C\C/C=C\C/C=C\C/C=C\CCCC(=O)OCC(COC(=O)CCCCCCC/C=C\CCC)OC(=O)CCCCCCCCCCCCCCCCCCCCCC. The first kappa shape index (κ1) is 67.3. The molecule has 6 nitrogen and oxygen atoms in total. The molecule has 0 saturated carbocycles. The van der Waals surface area contributed by atoms with Crippen molar-refractivity contribution in [2.75, 3.05) is 13.2 Å². The molecule has 1 atom stereocenters. The lowest BCUT2D eigenvalue weighted by Gasteiger charge is -2.18. The normalized spacial score (nSPS) is 12.8. The van der Waals surface area contributed by atoms with Crippen molar-refractivity contribution in [3.63, 3.8) is 0 Å². The number of esters is 3. The van der Waals surface area contributed by atoms with Crippen LogP contribution in [0.15, 0.2) is 97.2 Å². The van der Waals surface area contributed by atoms with E-state index >= 15 is 0 Å². The Morgan fingerprint density at radius 2 is 0.592 bits per heavy atom. The Hall–Kier alpha value is -3.67. The van der Waals surface area contributed by atoms with Crippen LogP contribution in [0.1, 0.15) is 278 Å². The van der Waals surface area contributed by atoms with E-state index in [4.69, 9.17) is 14.2 Å². The number of ether oxygens (including phenoxy) is 3. The largest absolute Gasteiger partial charge is 0.462 e. The number of unbranched alkanes of at least 4 members (excludes halogenated alkanes) is 26. The molecule has 0 aliphatic carbocycles. The van der Waals surface area contributed by atoms with Crippen LogP contribution < -0.4 is 0 Å². The number of carbonyl (C=O) groups excluding carboxylic acids is 3. The molecule has 0 spiro atoms. The fourth-order valence-corrected chi connectivity index (χ4v) is 8.14. The van der Waals surface area contributed by atoms with Gasteiger partial charge in [-0.15, -0.1) is 0 Å². The van der Waals surface area contributed by atoms with Crippen molar-refractivity contribution in [3.8, 4) is 0 Å². The molecule has 0 bridgehead atoms. The van der Waals surface area contributed by atoms with Crippen LogP contribution in [-0.2, 0) is 28.6 Å². The van der Waals surface area contributed by atoms with Crippen molar-refractivity contribution in [3.05, 3.63) is 97.2 Å². The number of allylic oxidation sites excluding steroid dienone is 16. The quantitative estimate of drug-likeness (QED) is 0.0261.